The molecule has 0 aliphatic rings. The highest BCUT2D eigenvalue weighted by atomic mass is 35.5. The topological polar surface area (TPSA) is 29.5 Å². The van der Waals surface area contributed by atoms with Gasteiger partial charge >= 0.3 is 0 Å². The van der Waals surface area contributed by atoms with Crippen LogP contribution in [0.3, 0.4) is 0 Å². The Morgan fingerprint density at radius 2 is 1.75 bits per heavy atom. The van der Waals surface area contributed by atoms with Gasteiger partial charge in [-0.3, -0.25) is 0 Å². The van der Waals surface area contributed by atoms with Crippen molar-refractivity contribution in [2.24, 2.45) is 0 Å². The molecule has 2 nitrogen and oxygen atoms in total. The van der Waals surface area contributed by atoms with Crippen LogP contribution in [0.2, 0.25) is 23.2 Å². The number of hydrogen-bond donors (Lipinski definition) is 1. The maximum Gasteiger partial charge on any atom is 0.200 e. The zero-order chi connectivity index (χ0) is 15.5. The minimum Gasteiger partial charge on any atom is -0.410 e. The van der Waals surface area contributed by atoms with E-state index >= 15 is 0 Å². The number of hydrogen-bond acceptors (Lipinski definition) is 2. The molecule has 0 aliphatic heterocycles. The number of halogens is 1. The van der Waals surface area contributed by atoms with E-state index in [1.54, 1.807) is 6.92 Å². The van der Waals surface area contributed by atoms with Gasteiger partial charge in [0, 0.05) is 10.6 Å². The van der Waals surface area contributed by atoms with Crippen molar-refractivity contribution in [1.29, 1.82) is 0 Å². The Kier molecular flexibility index (Phi) is 6.47. The summed E-state index contributed by atoms with van der Waals surface area (Å²) in [5.41, 5.74) is 0.888. The molecule has 2 atom stereocenters. The van der Waals surface area contributed by atoms with Crippen LogP contribution < -0.4 is 0 Å². The summed E-state index contributed by atoms with van der Waals surface area (Å²) >= 11 is 6.27. The Morgan fingerprint density at radius 1 is 1.20 bits per heavy atom. The molecule has 2 radical (unpaired) electrons. The molecular weight excluding hydrogens is 304 g/mol. The minimum absolute atomic E-state index is 0.150. The van der Waals surface area contributed by atoms with Gasteiger partial charge in [-0.25, -0.2) is 0 Å². The molecule has 1 N–H and O–H groups in total. The number of aliphatic hydroxyl groups excluding tert-OH is 1. The van der Waals surface area contributed by atoms with Crippen LogP contribution in [0.1, 0.15) is 39.4 Å². The van der Waals surface area contributed by atoms with Gasteiger partial charge in [-0.1, -0.05) is 63.7 Å². The number of aliphatic hydroxyl groups is 1. The SMILES string of the molecule is CC(O)C(O[Si]([Si](C)C)C(C)(C)C)c1ccccc1Cl. The highest BCUT2D eigenvalue weighted by Gasteiger charge is 2.36. The van der Waals surface area contributed by atoms with Gasteiger partial charge < -0.3 is 9.53 Å². The van der Waals surface area contributed by atoms with Crippen LogP contribution in [-0.4, -0.2) is 28.1 Å². The Morgan fingerprint density at radius 3 is 2.15 bits per heavy atom. The molecule has 0 fully saturated rings. The molecular formula is C15H25ClO2Si2. The highest BCUT2D eigenvalue weighted by Crippen LogP contribution is 2.35. The molecule has 0 bridgehead atoms. The van der Waals surface area contributed by atoms with E-state index in [-0.39, 0.29) is 11.1 Å². The van der Waals surface area contributed by atoms with Gasteiger partial charge in [0.15, 0.2) is 8.56 Å². The Labute approximate surface area is 131 Å². The predicted molar refractivity (Wildman–Crippen MR) is 89.9 cm³/mol. The molecule has 0 amide bonds. The maximum absolute atomic E-state index is 10.1. The van der Waals surface area contributed by atoms with E-state index in [9.17, 15) is 5.11 Å². The molecule has 20 heavy (non-hydrogen) atoms. The fraction of sp³-hybridized carbons (Fsp3) is 0.600. The minimum atomic E-state index is -1.00. The van der Waals surface area contributed by atoms with Crippen molar-refractivity contribution in [1.82, 2.24) is 0 Å². The molecule has 0 spiro atoms. The molecule has 0 aromatic heterocycles. The molecule has 0 saturated heterocycles. The van der Waals surface area contributed by atoms with Crippen LogP contribution in [0.5, 0.6) is 0 Å². The standard InChI is InChI=1S/C15H25ClO2Si2/c1-11(17)14(12-9-7-8-10-13(12)16)18-20(19(5)6)15(2,3)4/h7-11,14,17H,1-6H3. The average molecular weight is 329 g/mol. The van der Waals surface area contributed by atoms with Crippen LogP contribution in [0.25, 0.3) is 0 Å². The van der Waals surface area contributed by atoms with Gasteiger partial charge in [-0.15, -0.1) is 0 Å². The van der Waals surface area contributed by atoms with E-state index in [4.69, 9.17) is 16.0 Å². The zero-order valence-electron chi connectivity index (χ0n) is 13.2. The second-order valence-corrected chi connectivity index (χ2v) is 15.5. The smallest absolute Gasteiger partial charge is 0.200 e. The first-order valence-electron chi connectivity index (χ1n) is 6.91. The first-order chi connectivity index (χ1) is 9.14. The lowest BCUT2D eigenvalue weighted by Crippen LogP contribution is -2.44. The molecule has 1 aromatic carbocycles. The van der Waals surface area contributed by atoms with Gasteiger partial charge in [0.05, 0.1) is 20.5 Å². The summed E-state index contributed by atoms with van der Waals surface area (Å²) in [5.74, 6) is 0. The van der Waals surface area contributed by atoms with E-state index in [0.29, 0.717) is 5.02 Å². The Hall–Kier alpha value is -0.136. The quantitative estimate of drug-likeness (QED) is 0.812. The van der Waals surface area contributed by atoms with Crippen molar-refractivity contribution in [3.8, 4) is 0 Å². The van der Waals surface area contributed by atoms with Crippen molar-refractivity contribution >= 4 is 28.5 Å². The van der Waals surface area contributed by atoms with Gasteiger partial charge in [0.2, 0.25) is 0 Å². The zero-order valence-corrected chi connectivity index (χ0v) is 16.0. The first kappa shape index (κ1) is 17.9. The predicted octanol–water partition coefficient (Wildman–Crippen LogP) is 4.40. The molecule has 2 unspecified atom stereocenters. The van der Waals surface area contributed by atoms with Crippen molar-refractivity contribution in [3.05, 3.63) is 34.9 Å². The fourth-order valence-corrected chi connectivity index (χ4v) is 10.8. The molecule has 1 aromatic rings. The fourth-order valence-electron chi connectivity index (χ4n) is 2.30. The van der Waals surface area contributed by atoms with Crippen LogP contribution >= 0.6 is 11.6 Å². The van der Waals surface area contributed by atoms with Gasteiger partial charge in [-0.05, 0) is 18.0 Å². The van der Waals surface area contributed by atoms with Crippen LogP contribution in [0.4, 0.5) is 0 Å². The number of rotatable bonds is 5. The molecule has 0 heterocycles. The molecule has 1 rings (SSSR count). The van der Waals surface area contributed by atoms with Crippen LogP contribution in [-0.2, 0) is 4.43 Å². The summed E-state index contributed by atoms with van der Waals surface area (Å²) in [6.45, 7) is 13.0. The number of benzene rings is 1. The van der Waals surface area contributed by atoms with E-state index in [1.165, 1.54) is 0 Å². The van der Waals surface area contributed by atoms with Gasteiger partial charge in [0.1, 0.15) is 0 Å². The lowest BCUT2D eigenvalue weighted by molar-refractivity contribution is 0.0458. The normalized spacial score (nSPS) is 15.7. The van der Waals surface area contributed by atoms with Crippen molar-refractivity contribution in [3.63, 3.8) is 0 Å². The largest absolute Gasteiger partial charge is 0.410 e. The molecule has 112 valence electrons. The molecule has 0 saturated carbocycles. The van der Waals surface area contributed by atoms with Crippen LogP contribution in [0.15, 0.2) is 24.3 Å². The summed E-state index contributed by atoms with van der Waals surface area (Å²) in [7, 11) is -1.55. The molecule has 5 heteroatoms. The summed E-state index contributed by atoms with van der Waals surface area (Å²) < 4.78 is 6.42. The Bertz CT molecular complexity index is 430. The van der Waals surface area contributed by atoms with E-state index < -0.39 is 23.0 Å². The summed E-state index contributed by atoms with van der Waals surface area (Å²) in [5, 5.41) is 10.9. The lowest BCUT2D eigenvalue weighted by atomic mass is 10.1. The second kappa shape index (κ2) is 7.23. The second-order valence-electron chi connectivity index (χ2n) is 6.38. The molecule has 0 aliphatic carbocycles. The summed E-state index contributed by atoms with van der Waals surface area (Å²) in [6, 6.07) is 7.63. The Balaban J connectivity index is 3.07. The van der Waals surface area contributed by atoms with E-state index in [1.807, 2.05) is 24.3 Å². The lowest BCUT2D eigenvalue weighted by Gasteiger charge is -2.35. The van der Waals surface area contributed by atoms with Gasteiger partial charge in [-0.2, -0.15) is 0 Å². The van der Waals surface area contributed by atoms with E-state index in [2.05, 4.69) is 33.9 Å². The highest BCUT2D eigenvalue weighted by molar-refractivity contribution is 7.19. The first-order valence-corrected chi connectivity index (χ1v) is 12.2. The third-order valence-electron chi connectivity index (χ3n) is 3.03. The van der Waals surface area contributed by atoms with Gasteiger partial charge in [0.25, 0.3) is 0 Å². The van der Waals surface area contributed by atoms with Crippen molar-refractivity contribution in [2.75, 3.05) is 0 Å². The summed E-state index contributed by atoms with van der Waals surface area (Å²) in [4.78, 5) is 0. The monoisotopic (exact) mass is 328 g/mol. The van der Waals surface area contributed by atoms with Crippen molar-refractivity contribution < 1.29 is 9.53 Å². The summed E-state index contributed by atoms with van der Waals surface area (Å²) in [6.07, 6.45) is -0.907. The third kappa shape index (κ3) is 4.70. The van der Waals surface area contributed by atoms with E-state index in [0.717, 1.165) is 5.56 Å². The third-order valence-corrected chi connectivity index (χ3v) is 11.5. The van der Waals surface area contributed by atoms with Crippen molar-refractivity contribution in [2.45, 2.75) is 58.0 Å². The maximum atomic E-state index is 10.1. The average Bonchev–Trinajstić information content (AvgIpc) is 2.29. The van der Waals surface area contributed by atoms with Crippen LogP contribution in [0, 0.1) is 0 Å².